The summed E-state index contributed by atoms with van der Waals surface area (Å²) in [6.45, 7) is 7.15. The molecule has 0 aromatic heterocycles. The third-order valence-electron chi connectivity index (χ3n) is 1.41. The summed E-state index contributed by atoms with van der Waals surface area (Å²) >= 11 is 0. The van der Waals surface area contributed by atoms with Gasteiger partial charge in [0, 0.05) is 6.42 Å². The van der Waals surface area contributed by atoms with Gasteiger partial charge in [-0.1, -0.05) is 0 Å². The van der Waals surface area contributed by atoms with Crippen LogP contribution in [0.3, 0.4) is 0 Å². The van der Waals surface area contributed by atoms with Crippen LogP contribution >= 0.6 is 0 Å². The van der Waals surface area contributed by atoms with Crippen molar-refractivity contribution >= 4 is 0 Å². The SMILES string of the molecule is [CH][C@H]1C[C@@H](O)[C@@H](C)O1. The Hall–Kier alpha value is -0.0800. The molecule has 46 valence electrons. The highest BCUT2D eigenvalue weighted by atomic mass is 16.5. The van der Waals surface area contributed by atoms with Crippen LogP contribution in [0.1, 0.15) is 13.3 Å². The molecule has 1 saturated heterocycles. The van der Waals surface area contributed by atoms with Crippen LogP contribution in [0.5, 0.6) is 0 Å². The van der Waals surface area contributed by atoms with Crippen LogP contribution in [0.4, 0.5) is 0 Å². The molecule has 0 aromatic rings. The molecule has 0 unspecified atom stereocenters. The maximum Gasteiger partial charge on any atom is 0.0824 e. The lowest BCUT2D eigenvalue weighted by Gasteiger charge is -2.04. The second kappa shape index (κ2) is 2.03. The quantitative estimate of drug-likeness (QED) is 0.488. The van der Waals surface area contributed by atoms with Crippen LogP contribution < -0.4 is 0 Å². The number of hydrogen-bond acceptors (Lipinski definition) is 2. The average Bonchev–Trinajstić information content (AvgIpc) is 1.85. The van der Waals surface area contributed by atoms with E-state index in [4.69, 9.17) is 16.8 Å². The Labute approximate surface area is 49.5 Å². The molecule has 1 aliphatic rings. The second-order valence-electron chi connectivity index (χ2n) is 2.18. The molecule has 0 amide bonds. The van der Waals surface area contributed by atoms with Gasteiger partial charge in [-0.25, -0.2) is 0 Å². The van der Waals surface area contributed by atoms with E-state index in [1.807, 2.05) is 6.92 Å². The number of ether oxygens (including phenoxy) is 1. The minimum Gasteiger partial charge on any atom is -0.390 e. The molecule has 3 atom stereocenters. The topological polar surface area (TPSA) is 29.5 Å². The summed E-state index contributed by atoms with van der Waals surface area (Å²) in [6.07, 6.45) is -0.115. The second-order valence-corrected chi connectivity index (χ2v) is 2.18. The minimum absolute atomic E-state index is 0.0787. The van der Waals surface area contributed by atoms with Gasteiger partial charge in [-0.15, -0.1) is 0 Å². The fourth-order valence-electron chi connectivity index (χ4n) is 0.852. The Morgan fingerprint density at radius 1 is 1.75 bits per heavy atom. The van der Waals surface area contributed by atoms with Crippen molar-refractivity contribution in [2.45, 2.75) is 31.7 Å². The van der Waals surface area contributed by atoms with Crippen LogP contribution in [0.25, 0.3) is 0 Å². The Bertz CT molecular complexity index is 72.6. The van der Waals surface area contributed by atoms with Crippen molar-refractivity contribution in [1.82, 2.24) is 0 Å². The van der Waals surface area contributed by atoms with Crippen molar-refractivity contribution in [2.75, 3.05) is 0 Å². The van der Waals surface area contributed by atoms with Gasteiger partial charge in [-0.05, 0) is 13.8 Å². The molecule has 2 heteroatoms. The van der Waals surface area contributed by atoms with E-state index >= 15 is 0 Å². The van der Waals surface area contributed by atoms with Gasteiger partial charge in [-0.2, -0.15) is 0 Å². The third kappa shape index (κ3) is 1.01. The molecule has 1 rings (SSSR count). The van der Waals surface area contributed by atoms with Crippen molar-refractivity contribution in [3.05, 3.63) is 6.92 Å². The monoisotopic (exact) mass is 114 g/mol. The standard InChI is InChI=1S/C6H10O2/c1-4-3-6(7)5(2)8-4/h1,4-7H,3H2,2H3/t4-,5+,6+/m0/s1. The Balaban J connectivity index is 2.39. The Morgan fingerprint density at radius 3 is 2.50 bits per heavy atom. The van der Waals surface area contributed by atoms with Crippen LogP contribution in [-0.2, 0) is 4.74 Å². The molecule has 0 saturated carbocycles. The van der Waals surface area contributed by atoms with Gasteiger partial charge in [0.15, 0.2) is 0 Å². The number of rotatable bonds is 0. The normalized spacial score (nSPS) is 47.6. The Morgan fingerprint density at radius 2 is 2.38 bits per heavy atom. The first kappa shape index (κ1) is 6.05. The molecule has 0 aromatic carbocycles. The van der Waals surface area contributed by atoms with E-state index in [-0.39, 0.29) is 18.3 Å². The average molecular weight is 114 g/mol. The highest BCUT2D eigenvalue weighted by Gasteiger charge is 2.27. The van der Waals surface area contributed by atoms with E-state index < -0.39 is 0 Å². The first-order valence-corrected chi connectivity index (χ1v) is 2.79. The largest absolute Gasteiger partial charge is 0.390 e. The molecule has 2 nitrogen and oxygen atoms in total. The van der Waals surface area contributed by atoms with Crippen LogP contribution in [0, 0.1) is 6.92 Å². The van der Waals surface area contributed by atoms with Crippen LogP contribution in [0.2, 0.25) is 0 Å². The molecule has 1 heterocycles. The summed E-state index contributed by atoms with van der Waals surface area (Å²) in [6, 6.07) is 0. The summed E-state index contributed by atoms with van der Waals surface area (Å²) in [7, 11) is 0. The van der Waals surface area contributed by atoms with Gasteiger partial charge in [0.1, 0.15) is 0 Å². The lowest BCUT2D eigenvalue weighted by molar-refractivity contribution is 0.0363. The maximum absolute atomic E-state index is 8.96. The molecule has 1 fully saturated rings. The Kier molecular flexibility index (Phi) is 1.54. The summed E-state index contributed by atoms with van der Waals surface area (Å²) in [4.78, 5) is 0. The maximum atomic E-state index is 8.96. The van der Waals surface area contributed by atoms with Crippen molar-refractivity contribution < 1.29 is 9.84 Å². The molecule has 1 N–H and O–H groups in total. The number of aliphatic hydroxyl groups excluding tert-OH is 1. The molecular weight excluding hydrogens is 104 g/mol. The fraction of sp³-hybridized carbons (Fsp3) is 0.833. The van der Waals surface area contributed by atoms with E-state index in [9.17, 15) is 0 Å². The lowest BCUT2D eigenvalue weighted by atomic mass is 10.2. The number of aliphatic hydroxyl groups is 1. The van der Waals surface area contributed by atoms with E-state index in [0.717, 1.165) is 0 Å². The molecule has 2 radical (unpaired) electrons. The zero-order valence-corrected chi connectivity index (χ0v) is 4.87. The first-order chi connectivity index (χ1) is 3.70. The summed E-state index contributed by atoms with van der Waals surface area (Å²) < 4.78 is 5.00. The van der Waals surface area contributed by atoms with E-state index in [1.165, 1.54) is 0 Å². The molecule has 8 heavy (non-hydrogen) atoms. The summed E-state index contributed by atoms with van der Waals surface area (Å²) in [5.41, 5.74) is 0. The van der Waals surface area contributed by atoms with Crippen molar-refractivity contribution in [2.24, 2.45) is 0 Å². The fourth-order valence-corrected chi connectivity index (χ4v) is 0.852. The zero-order chi connectivity index (χ0) is 6.15. The highest BCUT2D eigenvalue weighted by molar-refractivity contribution is 4.79. The summed E-state index contributed by atoms with van der Waals surface area (Å²) in [5.74, 6) is 0. The van der Waals surface area contributed by atoms with Gasteiger partial charge in [-0.3, -0.25) is 0 Å². The van der Waals surface area contributed by atoms with Crippen molar-refractivity contribution in [3.63, 3.8) is 0 Å². The van der Waals surface area contributed by atoms with E-state index in [1.54, 1.807) is 0 Å². The molecule has 0 spiro atoms. The molecule has 0 bridgehead atoms. The minimum atomic E-state index is -0.356. The molecule has 0 aliphatic carbocycles. The van der Waals surface area contributed by atoms with Crippen molar-refractivity contribution in [1.29, 1.82) is 0 Å². The number of hydrogen-bond donors (Lipinski definition) is 1. The van der Waals surface area contributed by atoms with Crippen molar-refractivity contribution in [3.8, 4) is 0 Å². The lowest BCUT2D eigenvalue weighted by Crippen LogP contribution is -2.15. The van der Waals surface area contributed by atoms with Gasteiger partial charge >= 0.3 is 0 Å². The van der Waals surface area contributed by atoms with Gasteiger partial charge in [0.25, 0.3) is 0 Å². The zero-order valence-electron chi connectivity index (χ0n) is 4.87. The predicted octanol–water partition coefficient (Wildman–Crippen LogP) is 0.236. The smallest absolute Gasteiger partial charge is 0.0824 e. The van der Waals surface area contributed by atoms with Gasteiger partial charge < -0.3 is 9.84 Å². The van der Waals surface area contributed by atoms with E-state index in [0.29, 0.717) is 6.42 Å². The predicted molar refractivity (Wildman–Crippen MR) is 29.3 cm³/mol. The van der Waals surface area contributed by atoms with Gasteiger partial charge in [0.05, 0.1) is 18.3 Å². The van der Waals surface area contributed by atoms with Gasteiger partial charge in [0.2, 0.25) is 0 Å². The van der Waals surface area contributed by atoms with E-state index in [2.05, 4.69) is 0 Å². The summed E-state index contributed by atoms with van der Waals surface area (Å²) in [5, 5.41) is 8.96. The first-order valence-electron chi connectivity index (χ1n) is 2.79. The van der Waals surface area contributed by atoms with Crippen LogP contribution in [-0.4, -0.2) is 23.4 Å². The third-order valence-corrected chi connectivity index (χ3v) is 1.41. The molecular formula is C6H10O2. The highest BCUT2D eigenvalue weighted by Crippen LogP contribution is 2.18. The molecule has 1 aliphatic heterocycles. The van der Waals surface area contributed by atoms with Crippen LogP contribution in [0.15, 0.2) is 0 Å².